The maximum absolute atomic E-state index is 10.7. The summed E-state index contributed by atoms with van der Waals surface area (Å²) in [7, 11) is 0. The van der Waals surface area contributed by atoms with Crippen LogP contribution in [0.15, 0.2) is 65.4 Å². The Bertz CT molecular complexity index is 751. The molecule has 122 valence electrons. The monoisotopic (exact) mass is 360 g/mol. The predicted octanol–water partition coefficient (Wildman–Crippen LogP) is 2.90. The van der Waals surface area contributed by atoms with Crippen LogP contribution in [0.1, 0.15) is 11.5 Å². The molecule has 2 aromatic rings. The van der Waals surface area contributed by atoms with Crippen LogP contribution in [-0.2, 0) is 29.6 Å². The van der Waals surface area contributed by atoms with Crippen LogP contribution >= 0.6 is 0 Å². The van der Waals surface area contributed by atoms with Gasteiger partial charge >= 0.3 is 0 Å². The van der Waals surface area contributed by atoms with Crippen LogP contribution in [0.4, 0.5) is 0 Å². The van der Waals surface area contributed by atoms with E-state index in [1.54, 1.807) is 0 Å². The smallest absolute Gasteiger partial charge is 0.185 e. The first-order valence-electron chi connectivity index (χ1n) is 5.83. The van der Waals surface area contributed by atoms with Gasteiger partial charge in [-0.3, -0.25) is 9.59 Å². The summed E-state index contributed by atoms with van der Waals surface area (Å²) in [5.41, 5.74) is 15.6. The minimum Gasteiger partial charge on any atom is -0.469 e. The summed E-state index contributed by atoms with van der Waals surface area (Å²) in [6, 6.07) is 5.16. The van der Waals surface area contributed by atoms with Crippen molar-refractivity contribution < 1.29 is 25.3 Å². The molecule has 0 unspecified atom stereocenters. The molecule has 2 aromatic heterocycles. The van der Waals surface area contributed by atoms with Crippen molar-refractivity contribution >= 4 is 0 Å². The molecule has 0 aliphatic heterocycles. The number of azide groups is 2. The summed E-state index contributed by atoms with van der Waals surface area (Å²) < 4.78 is 9.69. The Balaban J connectivity index is 0.000000403. The fraction of sp³-hybridized carbons (Fsp3) is 0.167. The van der Waals surface area contributed by atoms with Crippen molar-refractivity contribution in [2.45, 2.75) is 13.1 Å². The van der Waals surface area contributed by atoms with E-state index >= 15 is 0 Å². The molecule has 0 fully saturated rings. The first kappa shape index (κ1) is 20.0. The summed E-state index contributed by atoms with van der Waals surface area (Å²) in [6.07, 6.45) is 2.54. The summed E-state index contributed by atoms with van der Waals surface area (Å²) in [6.45, 7) is 0.152. The molecule has 0 bridgehead atoms. The van der Waals surface area contributed by atoms with Gasteiger partial charge in [0.15, 0.2) is 10.9 Å². The van der Waals surface area contributed by atoms with E-state index in [0.29, 0.717) is 11.5 Å². The van der Waals surface area contributed by atoms with E-state index in [1.807, 2.05) is 0 Å². The average Bonchev–Trinajstić information content (AvgIpc) is 2.52. The summed E-state index contributed by atoms with van der Waals surface area (Å²) >= 11 is 0. The van der Waals surface area contributed by atoms with E-state index in [1.165, 1.54) is 36.8 Å². The molecule has 11 heteroatoms. The zero-order valence-corrected chi connectivity index (χ0v) is 12.5. The second kappa shape index (κ2) is 11.6. The van der Waals surface area contributed by atoms with Crippen LogP contribution in [0.25, 0.3) is 20.9 Å². The molecular weight excluding hydrogens is 351 g/mol. The number of hydrogen-bond acceptors (Lipinski definition) is 6. The first-order valence-corrected chi connectivity index (χ1v) is 5.83. The average molecular weight is 361 g/mol. The molecule has 2 rings (SSSR count). The number of nitrogens with zero attached hydrogens (tertiary/aromatic N) is 6. The van der Waals surface area contributed by atoms with Crippen molar-refractivity contribution in [2.75, 3.05) is 0 Å². The maximum atomic E-state index is 10.7. The molecule has 0 saturated carbocycles. The minimum absolute atomic E-state index is 0. The quantitative estimate of drug-likeness (QED) is 0.355. The third-order valence-corrected chi connectivity index (χ3v) is 2.09. The summed E-state index contributed by atoms with van der Waals surface area (Å²) in [5.74, 6) is 0.741. The number of rotatable bonds is 4. The molecule has 0 aliphatic carbocycles. The van der Waals surface area contributed by atoms with Crippen molar-refractivity contribution in [2.24, 2.45) is 10.2 Å². The Morgan fingerprint density at radius 2 is 1.26 bits per heavy atom. The zero-order valence-electron chi connectivity index (χ0n) is 11.5. The molecule has 0 aliphatic rings. The molecule has 0 saturated heterocycles. The normalized spacial score (nSPS) is 8.35. The zero-order chi connectivity index (χ0) is 16.2. The van der Waals surface area contributed by atoms with Gasteiger partial charge in [0.2, 0.25) is 0 Å². The van der Waals surface area contributed by atoms with E-state index in [4.69, 9.17) is 19.9 Å². The van der Waals surface area contributed by atoms with Gasteiger partial charge in [-0.1, -0.05) is 10.2 Å². The molecule has 23 heavy (non-hydrogen) atoms. The fourth-order valence-corrected chi connectivity index (χ4v) is 1.23. The van der Waals surface area contributed by atoms with E-state index in [9.17, 15) is 9.59 Å². The molecule has 0 N–H and O–H groups in total. The Kier molecular flexibility index (Phi) is 10.1. The van der Waals surface area contributed by atoms with Gasteiger partial charge in [-0.15, -0.1) is 0 Å². The standard InChI is InChI=1S/2C6H5N3O2.Ni/c2*7-9-8-4-6-3-5(10)1-2-11-6;/h2*1-3H,4H2;. The van der Waals surface area contributed by atoms with Crippen LogP contribution in [0.5, 0.6) is 0 Å². The molecule has 0 spiro atoms. The van der Waals surface area contributed by atoms with E-state index in [2.05, 4.69) is 20.1 Å². The van der Waals surface area contributed by atoms with Gasteiger partial charge in [0, 0.05) is 50.6 Å². The predicted molar refractivity (Wildman–Crippen MR) is 75.7 cm³/mol. The van der Waals surface area contributed by atoms with Gasteiger partial charge in [-0.2, -0.15) is 0 Å². The summed E-state index contributed by atoms with van der Waals surface area (Å²) in [5, 5.41) is 6.46. The third kappa shape index (κ3) is 8.80. The molecule has 2 heterocycles. The maximum Gasteiger partial charge on any atom is 0.185 e. The van der Waals surface area contributed by atoms with Crippen molar-refractivity contribution in [3.8, 4) is 0 Å². The topological polar surface area (TPSA) is 158 Å². The number of hydrogen-bond donors (Lipinski definition) is 0. The molecule has 0 radical (unpaired) electrons. The summed E-state index contributed by atoms with van der Waals surface area (Å²) in [4.78, 5) is 26.4. The minimum atomic E-state index is -0.153. The van der Waals surface area contributed by atoms with Gasteiger partial charge in [0.1, 0.15) is 11.5 Å². The third-order valence-electron chi connectivity index (χ3n) is 2.09. The second-order valence-electron chi connectivity index (χ2n) is 3.65. The van der Waals surface area contributed by atoms with Crippen LogP contribution < -0.4 is 10.9 Å². The van der Waals surface area contributed by atoms with E-state index in [0.717, 1.165) is 0 Å². The second-order valence-corrected chi connectivity index (χ2v) is 3.65. The van der Waals surface area contributed by atoms with Crippen molar-refractivity contribution in [3.05, 3.63) is 89.6 Å². The Morgan fingerprint density at radius 3 is 1.57 bits per heavy atom. The molecule has 0 atom stereocenters. The van der Waals surface area contributed by atoms with Gasteiger partial charge < -0.3 is 8.83 Å². The van der Waals surface area contributed by atoms with Gasteiger partial charge in [0.25, 0.3) is 0 Å². The van der Waals surface area contributed by atoms with Gasteiger partial charge in [0.05, 0.1) is 25.6 Å². The SMILES string of the molecule is [N-]=[N+]=NCc1cc(=O)cco1.[N-]=[N+]=NCc1cc(=O)cco1.[Ni]. The van der Waals surface area contributed by atoms with Crippen LogP contribution in [0.2, 0.25) is 0 Å². The molecule has 10 nitrogen and oxygen atoms in total. The van der Waals surface area contributed by atoms with Crippen LogP contribution in [0.3, 0.4) is 0 Å². The van der Waals surface area contributed by atoms with E-state index < -0.39 is 0 Å². The Hall–Kier alpha value is -2.99. The van der Waals surface area contributed by atoms with E-state index in [-0.39, 0.29) is 40.4 Å². The molecule has 0 amide bonds. The first-order chi connectivity index (χ1) is 10.7. The molecular formula is C12H10N6NiO4. The molecule has 0 aromatic carbocycles. The Labute approximate surface area is 138 Å². The largest absolute Gasteiger partial charge is 0.469 e. The van der Waals surface area contributed by atoms with Crippen molar-refractivity contribution in [3.63, 3.8) is 0 Å². The van der Waals surface area contributed by atoms with Gasteiger partial charge in [-0.05, 0) is 11.1 Å². The van der Waals surface area contributed by atoms with Gasteiger partial charge in [-0.25, -0.2) is 0 Å². The van der Waals surface area contributed by atoms with Crippen molar-refractivity contribution in [1.29, 1.82) is 0 Å². The van der Waals surface area contributed by atoms with Crippen LogP contribution in [-0.4, -0.2) is 0 Å². The Morgan fingerprint density at radius 1 is 0.870 bits per heavy atom. The van der Waals surface area contributed by atoms with Crippen LogP contribution in [0, 0.1) is 0 Å². The van der Waals surface area contributed by atoms with Crippen molar-refractivity contribution in [1.82, 2.24) is 0 Å². The fourth-order valence-electron chi connectivity index (χ4n) is 1.23.